The molecule has 7 nitrogen and oxygen atoms in total. The van der Waals surface area contributed by atoms with Gasteiger partial charge in [-0.1, -0.05) is 0 Å². The van der Waals surface area contributed by atoms with Gasteiger partial charge in [0.2, 0.25) is 0 Å². The summed E-state index contributed by atoms with van der Waals surface area (Å²) in [6, 6.07) is -0.179. The van der Waals surface area contributed by atoms with Crippen LogP contribution < -0.4 is 10.5 Å². The summed E-state index contributed by atoms with van der Waals surface area (Å²) in [5.41, 5.74) is 5.68. The topological polar surface area (TPSA) is 102 Å². The van der Waals surface area contributed by atoms with E-state index in [1.165, 1.54) is 4.31 Å². The standard InChI is InChI=1S/C9H19N3O4S/c1-7(2)16-9(13)11-17(14,15)12-5-3-4-8(10)6-12/h7-8H,3-6,10H2,1-2H3,(H,11,13)/t8-/m1/s1. The third-order valence-corrected chi connectivity index (χ3v) is 3.75. The van der Waals surface area contributed by atoms with Crippen molar-refractivity contribution in [3.05, 3.63) is 0 Å². The van der Waals surface area contributed by atoms with Crippen LogP contribution in [0.4, 0.5) is 4.79 Å². The van der Waals surface area contributed by atoms with Gasteiger partial charge in [-0.2, -0.15) is 12.7 Å². The maximum absolute atomic E-state index is 11.8. The molecule has 17 heavy (non-hydrogen) atoms. The Labute approximate surface area is 101 Å². The van der Waals surface area contributed by atoms with Crippen LogP contribution in [0.15, 0.2) is 0 Å². The molecule has 1 aliphatic heterocycles. The number of ether oxygens (including phenoxy) is 1. The van der Waals surface area contributed by atoms with Gasteiger partial charge in [-0.25, -0.2) is 9.52 Å². The lowest BCUT2D eigenvalue weighted by molar-refractivity contribution is 0.120. The lowest BCUT2D eigenvalue weighted by atomic mass is 10.1. The van der Waals surface area contributed by atoms with Crippen molar-refractivity contribution in [1.29, 1.82) is 0 Å². The molecule has 0 unspecified atom stereocenters. The molecule has 0 saturated carbocycles. The Hall–Kier alpha value is -0.860. The van der Waals surface area contributed by atoms with Crippen LogP contribution in [-0.2, 0) is 14.9 Å². The van der Waals surface area contributed by atoms with Crippen molar-refractivity contribution >= 4 is 16.3 Å². The van der Waals surface area contributed by atoms with Crippen molar-refractivity contribution < 1.29 is 17.9 Å². The molecule has 1 amide bonds. The molecule has 0 aromatic carbocycles. The average Bonchev–Trinajstić information content (AvgIpc) is 2.15. The highest BCUT2D eigenvalue weighted by Crippen LogP contribution is 2.11. The number of hydrogen-bond donors (Lipinski definition) is 2. The fourth-order valence-corrected chi connectivity index (χ4v) is 2.75. The zero-order chi connectivity index (χ0) is 13.1. The van der Waals surface area contributed by atoms with Gasteiger partial charge >= 0.3 is 16.3 Å². The maximum atomic E-state index is 11.8. The molecule has 0 aromatic heterocycles. The van der Waals surface area contributed by atoms with Crippen LogP contribution in [0.2, 0.25) is 0 Å². The van der Waals surface area contributed by atoms with E-state index in [2.05, 4.69) is 0 Å². The highest BCUT2D eigenvalue weighted by atomic mass is 32.2. The highest BCUT2D eigenvalue weighted by molar-refractivity contribution is 7.87. The van der Waals surface area contributed by atoms with E-state index < -0.39 is 16.3 Å². The fourth-order valence-electron chi connectivity index (χ4n) is 1.60. The van der Waals surface area contributed by atoms with Crippen LogP contribution in [0.25, 0.3) is 0 Å². The molecule has 0 aromatic rings. The van der Waals surface area contributed by atoms with Crippen LogP contribution in [0, 0.1) is 0 Å². The first-order chi connectivity index (χ1) is 7.81. The predicted molar refractivity (Wildman–Crippen MR) is 62.5 cm³/mol. The normalized spacial score (nSPS) is 22.5. The summed E-state index contributed by atoms with van der Waals surface area (Å²) < 4.78 is 31.3. The summed E-state index contributed by atoms with van der Waals surface area (Å²) in [5.74, 6) is 0. The van der Waals surface area contributed by atoms with Crippen LogP contribution in [0.5, 0.6) is 0 Å². The number of rotatable bonds is 3. The molecule has 1 heterocycles. The number of nitrogens with two attached hydrogens (primary N) is 1. The van der Waals surface area contributed by atoms with Gasteiger partial charge in [0.1, 0.15) is 0 Å². The molecule has 0 bridgehead atoms. The summed E-state index contributed by atoms with van der Waals surface area (Å²) in [5, 5.41) is 0. The number of piperidine rings is 1. The zero-order valence-electron chi connectivity index (χ0n) is 10.0. The van der Waals surface area contributed by atoms with E-state index in [1.807, 2.05) is 4.72 Å². The first-order valence-electron chi connectivity index (χ1n) is 5.55. The molecule has 1 saturated heterocycles. The van der Waals surface area contributed by atoms with E-state index in [1.54, 1.807) is 13.8 Å². The van der Waals surface area contributed by atoms with Crippen molar-refractivity contribution in [2.45, 2.75) is 38.8 Å². The molecule has 1 rings (SSSR count). The minimum Gasteiger partial charge on any atom is -0.446 e. The van der Waals surface area contributed by atoms with E-state index in [0.717, 1.165) is 6.42 Å². The van der Waals surface area contributed by atoms with Crippen LogP contribution in [0.3, 0.4) is 0 Å². The van der Waals surface area contributed by atoms with Gasteiger partial charge < -0.3 is 10.5 Å². The summed E-state index contributed by atoms with van der Waals surface area (Å²) in [6.45, 7) is 3.88. The number of carbonyl (C=O) groups excluding carboxylic acids is 1. The molecule has 3 N–H and O–H groups in total. The molecule has 8 heteroatoms. The summed E-state index contributed by atoms with van der Waals surface area (Å²) in [4.78, 5) is 11.2. The number of nitrogens with one attached hydrogen (secondary N) is 1. The van der Waals surface area contributed by atoms with Gasteiger partial charge in [-0.3, -0.25) is 0 Å². The van der Waals surface area contributed by atoms with Crippen molar-refractivity contribution in [2.75, 3.05) is 13.1 Å². The van der Waals surface area contributed by atoms with Gasteiger partial charge in [-0.05, 0) is 26.7 Å². The van der Waals surface area contributed by atoms with E-state index in [4.69, 9.17) is 10.5 Å². The number of nitrogens with zero attached hydrogens (tertiary/aromatic N) is 1. The molecule has 0 aliphatic carbocycles. The minimum atomic E-state index is -3.83. The maximum Gasteiger partial charge on any atom is 0.422 e. The quantitative estimate of drug-likeness (QED) is 0.735. The number of hydrogen-bond acceptors (Lipinski definition) is 5. The number of amides is 1. The van der Waals surface area contributed by atoms with E-state index >= 15 is 0 Å². The van der Waals surface area contributed by atoms with E-state index in [0.29, 0.717) is 13.0 Å². The molecule has 100 valence electrons. The fraction of sp³-hybridized carbons (Fsp3) is 0.889. The number of carbonyl (C=O) groups is 1. The van der Waals surface area contributed by atoms with Gasteiger partial charge in [-0.15, -0.1) is 0 Å². The van der Waals surface area contributed by atoms with Crippen molar-refractivity contribution in [3.63, 3.8) is 0 Å². The Kier molecular flexibility index (Phi) is 4.72. The second-order valence-corrected chi connectivity index (χ2v) is 5.99. The Balaban J connectivity index is 2.58. The van der Waals surface area contributed by atoms with Crippen molar-refractivity contribution in [1.82, 2.24) is 9.03 Å². The van der Waals surface area contributed by atoms with E-state index in [-0.39, 0.29) is 18.7 Å². The lowest BCUT2D eigenvalue weighted by Crippen LogP contribution is -2.51. The van der Waals surface area contributed by atoms with E-state index in [9.17, 15) is 13.2 Å². The Morgan fingerprint density at radius 2 is 2.18 bits per heavy atom. The zero-order valence-corrected chi connectivity index (χ0v) is 10.9. The minimum absolute atomic E-state index is 0.179. The lowest BCUT2D eigenvalue weighted by Gasteiger charge is -2.29. The molecule has 1 aliphatic rings. The smallest absolute Gasteiger partial charge is 0.422 e. The predicted octanol–water partition coefficient (Wildman–Crippen LogP) is -0.211. The third kappa shape index (κ3) is 4.49. The SMILES string of the molecule is CC(C)OC(=O)NS(=O)(=O)N1CCC[C@@H](N)C1. The second-order valence-electron chi connectivity index (χ2n) is 4.32. The third-order valence-electron chi connectivity index (χ3n) is 2.32. The molecular weight excluding hydrogens is 246 g/mol. The molecule has 0 radical (unpaired) electrons. The molecule has 0 spiro atoms. The molecule has 1 atom stereocenters. The first-order valence-corrected chi connectivity index (χ1v) is 6.99. The second kappa shape index (κ2) is 5.65. The summed E-state index contributed by atoms with van der Waals surface area (Å²) in [6.07, 6.45) is 0.164. The van der Waals surface area contributed by atoms with Crippen molar-refractivity contribution in [3.8, 4) is 0 Å². The Bertz CT molecular complexity index is 368. The van der Waals surface area contributed by atoms with Crippen LogP contribution in [0.1, 0.15) is 26.7 Å². The summed E-state index contributed by atoms with van der Waals surface area (Å²) >= 11 is 0. The molecular formula is C9H19N3O4S. The first kappa shape index (κ1) is 14.2. The van der Waals surface area contributed by atoms with Gasteiger partial charge in [0.15, 0.2) is 0 Å². The highest BCUT2D eigenvalue weighted by Gasteiger charge is 2.29. The monoisotopic (exact) mass is 265 g/mol. The Morgan fingerprint density at radius 1 is 1.53 bits per heavy atom. The largest absolute Gasteiger partial charge is 0.446 e. The average molecular weight is 265 g/mol. The van der Waals surface area contributed by atoms with Crippen LogP contribution >= 0.6 is 0 Å². The van der Waals surface area contributed by atoms with Crippen LogP contribution in [-0.4, -0.2) is 44.1 Å². The van der Waals surface area contributed by atoms with Gasteiger partial charge in [0.05, 0.1) is 6.10 Å². The summed E-state index contributed by atoms with van der Waals surface area (Å²) in [7, 11) is -3.83. The van der Waals surface area contributed by atoms with Gasteiger partial charge in [0.25, 0.3) is 0 Å². The van der Waals surface area contributed by atoms with Gasteiger partial charge in [0, 0.05) is 19.1 Å². The van der Waals surface area contributed by atoms with Crippen molar-refractivity contribution in [2.24, 2.45) is 5.73 Å². The Morgan fingerprint density at radius 3 is 2.71 bits per heavy atom. The molecule has 1 fully saturated rings.